The monoisotopic (exact) mass is 413 g/mol. The molecule has 2 N–H and O–H groups in total. The highest BCUT2D eigenvalue weighted by Gasteiger charge is 2.39. The van der Waals surface area contributed by atoms with Gasteiger partial charge in [-0.25, -0.2) is 31.9 Å². The Balaban J connectivity index is 1.49. The highest BCUT2D eigenvalue weighted by Crippen LogP contribution is 2.34. The number of benzene rings is 1. The maximum Gasteiger partial charge on any atom is 0.266 e. The van der Waals surface area contributed by atoms with Crippen molar-refractivity contribution in [2.75, 3.05) is 36.0 Å². The molecule has 2 aliphatic rings. The number of anilines is 2. The van der Waals surface area contributed by atoms with E-state index in [1.165, 1.54) is 11.2 Å². The predicted molar refractivity (Wildman–Crippen MR) is 97.7 cm³/mol. The van der Waals surface area contributed by atoms with Crippen molar-refractivity contribution in [3.63, 3.8) is 0 Å². The number of aromatic nitrogens is 2. The lowest BCUT2D eigenvalue weighted by molar-refractivity contribution is 0.0256. The molecule has 29 heavy (non-hydrogen) atoms. The zero-order valence-corrected chi connectivity index (χ0v) is 15.5. The van der Waals surface area contributed by atoms with Crippen LogP contribution in [0.4, 0.5) is 33.6 Å². The summed E-state index contributed by atoms with van der Waals surface area (Å²) < 4.78 is 67.9. The van der Waals surface area contributed by atoms with Crippen molar-refractivity contribution in [2.45, 2.75) is 30.7 Å². The number of piperidine rings is 1. The van der Waals surface area contributed by atoms with Crippen LogP contribution in [0.5, 0.6) is 0 Å². The molecule has 0 aliphatic carbocycles. The molecular formula is C19H20F5N5. The predicted octanol–water partition coefficient (Wildman–Crippen LogP) is 3.06. The van der Waals surface area contributed by atoms with Crippen LogP contribution in [0.3, 0.4) is 0 Å². The van der Waals surface area contributed by atoms with E-state index in [1.807, 2.05) is 4.90 Å². The van der Waals surface area contributed by atoms with Gasteiger partial charge >= 0.3 is 0 Å². The summed E-state index contributed by atoms with van der Waals surface area (Å²) in [4.78, 5) is 11.7. The zero-order chi connectivity index (χ0) is 20.8. The highest BCUT2D eigenvalue weighted by molar-refractivity contribution is 5.51. The van der Waals surface area contributed by atoms with Crippen LogP contribution in [0.1, 0.15) is 24.3 Å². The number of alkyl halides is 2. The number of nitrogens with zero attached hydrogens (tertiary/aromatic N) is 4. The SMILES string of the molecule is N[C@H]1CN(c2cc(N3CCC(F)(F)C3)ncn2)CC[C@@H]1c1cc(F)c(F)cc1F. The fourth-order valence-corrected chi connectivity index (χ4v) is 4.01. The number of hydrogen-bond donors (Lipinski definition) is 1. The maximum atomic E-state index is 14.1. The molecule has 0 amide bonds. The fourth-order valence-electron chi connectivity index (χ4n) is 4.01. The molecule has 5 nitrogen and oxygen atoms in total. The topological polar surface area (TPSA) is 58.3 Å². The van der Waals surface area contributed by atoms with Gasteiger partial charge in [-0.05, 0) is 18.1 Å². The lowest BCUT2D eigenvalue weighted by Gasteiger charge is -2.38. The van der Waals surface area contributed by atoms with Gasteiger partial charge in [0, 0.05) is 50.1 Å². The molecule has 1 aromatic carbocycles. The molecule has 1 aromatic heterocycles. The Bertz CT molecular complexity index is 909. The first kappa shape index (κ1) is 19.8. The largest absolute Gasteiger partial charge is 0.355 e. The van der Waals surface area contributed by atoms with Crippen molar-refractivity contribution >= 4 is 11.6 Å². The maximum absolute atomic E-state index is 14.1. The molecule has 2 fully saturated rings. The first-order valence-electron chi connectivity index (χ1n) is 9.33. The summed E-state index contributed by atoms with van der Waals surface area (Å²) >= 11 is 0. The van der Waals surface area contributed by atoms with Crippen LogP contribution in [-0.4, -0.2) is 48.1 Å². The van der Waals surface area contributed by atoms with Crippen molar-refractivity contribution in [2.24, 2.45) is 5.73 Å². The summed E-state index contributed by atoms with van der Waals surface area (Å²) in [6, 6.07) is 2.48. The molecule has 0 bridgehead atoms. The van der Waals surface area contributed by atoms with Gasteiger partial charge in [0.15, 0.2) is 11.6 Å². The molecule has 0 unspecified atom stereocenters. The van der Waals surface area contributed by atoms with Crippen molar-refractivity contribution < 1.29 is 22.0 Å². The van der Waals surface area contributed by atoms with Gasteiger partial charge in [-0.15, -0.1) is 0 Å². The number of rotatable bonds is 3. The second kappa shape index (κ2) is 7.40. The van der Waals surface area contributed by atoms with Gasteiger partial charge in [0.25, 0.3) is 5.92 Å². The van der Waals surface area contributed by atoms with E-state index in [-0.39, 0.29) is 25.1 Å². The summed E-state index contributed by atoms with van der Waals surface area (Å²) in [6.07, 6.45) is 1.50. The summed E-state index contributed by atoms with van der Waals surface area (Å²) in [5, 5.41) is 0. The minimum atomic E-state index is -2.74. The summed E-state index contributed by atoms with van der Waals surface area (Å²) in [6.45, 7) is 0.569. The van der Waals surface area contributed by atoms with E-state index in [0.29, 0.717) is 37.2 Å². The van der Waals surface area contributed by atoms with Crippen molar-refractivity contribution in [1.82, 2.24) is 9.97 Å². The summed E-state index contributed by atoms with van der Waals surface area (Å²) in [7, 11) is 0. The average molecular weight is 413 g/mol. The highest BCUT2D eigenvalue weighted by atomic mass is 19.3. The Morgan fingerprint density at radius 2 is 1.62 bits per heavy atom. The van der Waals surface area contributed by atoms with E-state index < -0.39 is 35.3 Å². The van der Waals surface area contributed by atoms with E-state index in [9.17, 15) is 22.0 Å². The van der Waals surface area contributed by atoms with Crippen LogP contribution in [0.25, 0.3) is 0 Å². The third-order valence-electron chi connectivity index (χ3n) is 5.55. The van der Waals surface area contributed by atoms with Crippen molar-refractivity contribution in [1.29, 1.82) is 0 Å². The zero-order valence-electron chi connectivity index (χ0n) is 15.5. The molecule has 2 aliphatic heterocycles. The minimum Gasteiger partial charge on any atom is -0.355 e. The molecule has 2 saturated heterocycles. The Morgan fingerprint density at radius 3 is 2.28 bits per heavy atom. The van der Waals surface area contributed by atoms with E-state index in [1.54, 1.807) is 6.07 Å². The standard InChI is InChI=1S/C19H20F5N5/c20-13-6-15(22)14(21)5-12(13)11-1-3-28(8-16(11)25)17-7-18(27-10-26-17)29-4-2-19(23,24)9-29/h5-7,10-11,16H,1-4,8-9,25H2/t11-,16+/m1/s1. The Hall–Kier alpha value is -2.49. The first-order chi connectivity index (χ1) is 13.7. The molecule has 0 saturated carbocycles. The van der Waals surface area contributed by atoms with Gasteiger partial charge in [-0.3, -0.25) is 0 Å². The van der Waals surface area contributed by atoms with Crippen LogP contribution in [-0.2, 0) is 0 Å². The van der Waals surface area contributed by atoms with Gasteiger partial charge in [0.2, 0.25) is 0 Å². The number of hydrogen-bond acceptors (Lipinski definition) is 5. The van der Waals surface area contributed by atoms with Crippen molar-refractivity contribution in [3.8, 4) is 0 Å². The lowest BCUT2D eigenvalue weighted by atomic mass is 9.85. The molecule has 2 aromatic rings. The fraction of sp³-hybridized carbons (Fsp3) is 0.474. The van der Waals surface area contributed by atoms with Crippen LogP contribution < -0.4 is 15.5 Å². The summed E-state index contributed by atoms with van der Waals surface area (Å²) in [5.41, 5.74) is 6.27. The smallest absolute Gasteiger partial charge is 0.266 e. The average Bonchev–Trinajstić information content (AvgIpc) is 3.05. The molecule has 10 heteroatoms. The normalized spacial score (nSPS) is 24.2. The molecule has 2 atom stereocenters. The van der Waals surface area contributed by atoms with Crippen LogP contribution >= 0.6 is 0 Å². The van der Waals surface area contributed by atoms with E-state index >= 15 is 0 Å². The minimum absolute atomic E-state index is 0.0544. The molecule has 156 valence electrons. The Kier molecular flexibility index (Phi) is 5.05. The second-order valence-corrected chi connectivity index (χ2v) is 7.55. The first-order valence-corrected chi connectivity index (χ1v) is 9.33. The van der Waals surface area contributed by atoms with Crippen LogP contribution in [0.15, 0.2) is 24.5 Å². The van der Waals surface area contributed by atoms with Crippen LogP contribution in [0, 0.1) is 17.5 Å². The van der Waals surface area contributed by atoms with E-state index in [2.05, 4.69) is 9.97 Å². The molecule has 3 heterocycles. The van der Waals surface area contributed by atoms with E-state index in [0.717, 1.165) is 6.07 Å². The van der Waals surface area contributed by atoms with Gasteiger partial charge in [0.05, 0.1) is 6.54 Å². The lowest BCUT2D eigenvalue weighted by Crippen LogP contribution is -2.48. The van der Waals surface area contributed by atoms with Crippen LogP contribution in [0.2, 0.25) is 0 Å². The van der Waals surface area contributed by atoms with Gasteiger partial charge < -0.3 is 15.5 Å². The number of halogens is 5. The Morgan fingerprint density at radius 1 is 0.931 bits per heavy atom. The van der Waals surface area contributed by atoms with E-state index in [4.69, 9.17) is 5.73 Å². The third kappa shape index (κ3) is 3.98. The quantitative estimate of drug-likeness (QED) is 0.619. The van der Waals surface area contributed by atoms with Crippen molar-refractivity contribution in [3.05, 3.63) is 47.5 Å². The second-order valence-electron chi connectivity index (χ2n) is 7.55. The Labute approximate surface area is 164 Å². The third-order valence-corrected chi connectivity index (χ3v) is 5.55. The molecule has 4 rings (SSSR count). The van der Waals surface area contributed by atoms with Gasteiger partial charge in [-0.1, -0.05) is 0 Å². The summed E-state index contributed by atoms with van der Waals surface area (Å²) in [5.74, 6) is -5.44. The molecule has 0 radical (unpaired) electrons. The molecular weight excluding hydrogens is 393 g/mol. The van der Waals surface area contributed by atoms with Gasteiger partial charge in [-0.2, -0.15) is 0 Å². The van der Waals surface area contributed by atoms with Gasteiger partial charge in [0.1, 0.15) is 23.8 Å². The number of nitrogens with two attached hydrogens (primary N) is 1. The molecule has 0 spiro atoms.